The number of methoxy groups -OCH3 is 1. The van der Waals surface area contributed by atoms with Crippen molar-refractivity contribution in [1.82, 2.24) is 15.1 Å². The molecule has 1 N–H and O–H groups in total. The van der Waals surface area contributed by atoms with Gasteiger partial charge < -0.3 is 29.3 Å². The van der Waals surface area contributed by atoms with Crippen LogP contribution in [-0.4, -0.2) is 73.0 Å². The van der Waals surface area contributed by atoms with E-state index in [9.17, 15) is 14.4 Å². The van der Waals surface area contributed by atoms with Crippen molar-refractivity contribution in [2.24, 2.45) is 5.92 Å². The van der Waals surface area contributed by atoms with Gasteiger partial charge in [0.2, 0.25) is 11.8 Å². The van der Waals surface area contributed by atoms with Crippen LogP contribution in [0.4, 0.5) is 0 Å². The van der Waals surface area contributed by atoms with Crippen molar-refractivity contribution in [3.8, 4) is 17.2 Å². The summed E-state index contributed by atoms with van der Waals surface area (Å²) in [6, 6.07) is 12.2. The molecule has 1 saturated heterocycles. The molecule has 204 valence electrons. The Morgan fingerprint density at radius 3 is 2.74 bits per heavy atom. The molecular weight excluding hydrogens is 486 g/mol. The van der Waals surface area contributed by atoms with Gasteiger partial charge in [-0.15, -0.1) is 0 Å². The molecule has 2 aliphatic rings. The Morgan fingerprint density at radius 1 is 1.18 bits per heavy atom. The fourth-order valence-corrected chi connectivity index (χ4v) is 4.86. The van der Waals surface area contributed by atoms with Crippen LogP contribution in [-0.2, 0) is 20.9 Å². The summed E-state index contributed by atoms with van der Waals surface area (Å²) in [7, 11) is 1.54. The number of likely N-dealkylation sites (tertiary alicyclic amines) is 1. The lowest BCUT2D eigenvalue weighted by Crippen LogP contribution is -2.58. The van der Waals surface area contributed by atoms with Crippen molar-refractivity contribution in [2.75, 3.05) is 33.3 Å². The van der Waals surface area contributed by atoms with Gasteiger partial charge in [0.15, 0.2) is 11.5 Å². The van der Waals surface area contributed by atoms with Gasteiger partial charge in [-0.05, 0) is 48.7 Å². The zero-order valence-electron chi connectivity index (χ0n) is 22.6. The molecule has 0 aromatic heterocycles. The van der Waals surface area contributed by atoms with Gasteiger partial charge in [0.1, 0.15) is 5.75 Å². The average Bonchev–Trinajstić information content (AvgIpc) is 2.91. The van der Waals surface area contributed by atoms with Gasteiger partial charge in [-0.25, -0.2) is 0 Å². The third kappa shape index (κ3) is 6.45. The van der Waals surface area contributed by atoms with Crippen molar-refractivity contribution in [3.05, 3.63) is 53.6 Å². The molecule has 0 spiro atoms. The highest BCUT2D eigenvalue weighted by atomic mass is 16.5. The first-order valence-electron chi connectivity index (χ1n) is 13.2. The van der Waals surface area contributed by atoms with E-state index in [1.807, 2.05) is 49.9 Å². The predicted molar refractivity (Wildman–Crippen MR) is 142 cm³/mol. The normalized spacial score (nSPS) is 20.4. The number of fused-ring (bicyclic) bond motifs is 5. The zero-order valence-corrected chi connectivity index (χ0v) is 22.6. The number of piperidine rings is 1. The minimum atomic E-state index is -0.393. The minimum absolute atomic E-state index is 0.0655. The monoisotopic (exact) mass is 523 g/mol. The number of benzene rings is 2. The van der Waals surface area contributed by atoms with Crippen LogP contribution in [0, 0.1) is 5.92 Å². The number of amides is 3. The van der Waals surface area contributed by atoms with Gasteiger partial charge in [0.05, 0.1) is 32.4 Å². The Kier molecular flexibility index (Phi) is 8.89. The van der Waals surface area contributed by atoms with Gasteiger partial charge in [0.25, 0.3) is 5.91 Å². The molecule has 38 heavy (non-hydrogen) atoms. The number of hydrogen-bond acceptors (Lipinski definition) is 6. The highest BCUT2D eigenvalue weighted by Gasteiger charge is 2.34. The van der Waals surface area contributed by atoms with Crippen LogP contribution in [0.25, 0.3) is 0 Å². The molecule has 2 aromatic carbocycles. The van der Waals surface area contributed by atoms with Crippen LogP contribution in [0.5, 0.6) is 17.2 Å². The molecular formula is C29H37N3O6. The van der Waals surface area contributed by atoms with E-state index in [0.29, 0.717) is 55.3 Å². The quantitative estimate of drug-likeness (QED) is 0.658. The Bertz CT molecular complexity index is 1170. The molecule has 0 radical (unpaired) electrons. The van der Waals surface area contributed by atoms with Crippen LogP contribution >= 0.6 is 0 Å². The van der Waals surface area contributed by atoms with Crippen LogP contribution in [0.1, 0.15) is 49.5 Å². The third-order valence-electron chi connectivity index (χ3n) is 6.83. The predicted octanol–water partition coefficient (Wildman–Crippen LogP) is 3.61. The second kappa shape index (κ2) is 12.3. The highest BCUT2D eigenvalue weighted by Crippen LogP contribution is 2.33. The largest absolute Gasteiger partial charge is 0.493 e. The fourth-order valence-electron chi connectivity index (χ4n) is 4.86. The first-order chi connectivity index (χ1) is 18.3. The lowest BCUT2D eigenvalue weighted by Gasteiger charge is -2.39. The van der Waals surface area contributed by atoms with E-state index in [4.69, 9.17) is 14.2 Å². The van der Waals surface area contributed by atoms with Gasteiger partial charge in [-0.2, -0.15) is 0 Å². The van der Waals surface area contributed by atoms with E-state index in [0.717, 1.165) is 5.56 Å². The summed E-state index contributed by atoms with van der Waals surface area (Å²) in [6.07, 6.45) is 0.880. The number of rotatable bonds is 4. The van der Waals surface area contributed by atoms with E-state index in [-0.39, 0.29) is 42.8 Å². The molecule has 9 heteroatoms. The highest BCUT2D eigenvalue weighted by molar-refractivity contribution is 5.97. The Morgan fingerprint density at radius 2 is 2.00 bits per heavy atom. The van der Waals surface area contributed by atoms with Crippen molar-refractivity contribution in [2.45, 2.75) is 52.4 Å². The van der Waals surface area contributed by atoms with Crippen LogP contribution < -0.4 is 14.8 Å². The number of nitrogens with zero attached hydrogens (tertiary/aromatic N) is 2. The van der Waals surface area contributed by atoms with E-state index in [1.54, 1.807) is 30.2 Å². The number of carbonyl (C=O) groups excluding carboxylic acids is 3. The second-order valence-electron chi connectivity index (χ2n) is 10.1. The summed E-state index contributed by atoms with van der Waals surface area (Å²) in [5, 5.41) is 3.09. The maximum Gasteiger partial charge on any atom is 0.254 e. The Labute approximate surface area is 224 Å². The summed E-state index contributed by atoms with van der Waals surface area (Å²) in [5.74, 6) is 0.897. The van der Waals surface area contributed by atoms with Gasteiger partial charge in [-0.1, -0.05) is 32.9 Å². The van der Waals surface area contributed by atoms with Crippen molar-refractivity contribution >= 4 is 17.7 Å². The van der Waals surface area contributed by atoms with E-state index in [2.05, 4.69) is 5.32 Å². The molecule has 0 unspecified atom stereocenters. The number of ether oxygens (including phenoxy) is 3. The van der Waals surface area contributed by atoms with Gasteiger partial charge >= 0.3 is 0 Å². The summed E-state index contributed by atoms with van der Waals surface area (Å²) >= 11 is 0. The number of carbonyl (C=O) groups is 3. The first-order valence-corrected chi connectivity index (χ1v) is 13.2. The molecule has 4 rings (SSSR count). The fraction of sp³-hybridized carbons (Fsp3) is 0.483. The van der Waals surface area contributed by atoms with Crippen LogP contribution in [0.15, 0.2) is 42.5 Å². The summed E-state index contributed by atoms with van der Waals surface area (Å²) in [6.45, 7) is 7.29. The van der Waals surface area contributed by atoms with Gasteiger partial charge in [0, 0.05) is 31.1 Å². The maximum absolute atomic E-state index is 13.5. The summed E-state index contributed by atoms with van der Waals surface area (Å²) in [5.41, 5.74) is 1.29. The van der Waals surface area contributed by atoms with Crippen LogP contribution in [0.2, 0.25) is 0 Å². The number of nitrogens with one attached hydrogen (secondary N) is 1. The lowest BCUT2D eigenvalue weighted by atomic mass is 9.99. The topological polar surface area (TPSA) is 97.4 Å². The molecule has 3 amide bonds. The second-order valence-corrected chi connectivity index (χ2v) is 10.1. The maximum atomic E-state index is 13.5. The molecule has 2 aromatic rings. The molecule has 2 atom stereocenters. The third-order valence-corrected chi connectivity index (χ3v) is 6.83. The van der Waals surface area contributed by atoms with Crippen molar-refractivity contribution in [3.63, 3.8) is 0 Å². The molecule has 9 nitrogen and oxygen atoms in total. The SMILES string of the molecule is CCCN1CC(=O)N[C@H]2CCN(C(=O)C(C)C)C[C@@H]2OCc2cccc(c2)Oc2cc(ccc2OC)C1=O. The molecule has 0 aliphatic carbocycles. The molecule has 2 aliphatic heterocycles. The van der Waals surface area contributed by atoms with E-state index in [1.165, 1.54) is 0 Å². The summed E-state index contributed by atoms with van der Waals surface area (Å²) < 4.78 is 17.9. The Hall–Kier alpha value is -3.59. The van der Waals surface area contributed by atoms with E-state index < -0.39 is 6.10 Å². The minimum Gasteiger partial charge on any atom is -0.493 e. The van der Waals surface area contributed by atoms with E-state index >= 15 is 0 Å². The molecule has 4 bridgehead atoms. The van der Waals surface area contributed by atoms with Crippen molar-refractivity contribution in [1.29, 1.82) is 0 Å². The van der Waals surface area contributed by atoms with Gasteiger partial charge in [-0.3, -0.25) is 14.4 Å². The molecule has 1 fully saturated rings. The first kappa shape index (κ1) is 27.4. The lowest BCUT2D eigenvalue weighted by molar-refractivity contribution is -0.140. The Balaban J connectivity index is 1.68. The van der Waals surface area contributed by atoms with Crippen molar-refractivity contribution < 1.29 is 28.6 Å². The standard InChI is InChI=1S/C29H37N3O6/c1-5-12-31-17-27(33)30-23-11-13-32(28(34)19(2)3)16-26(23)37-18-20-7-6-8-22(14-20)38-25-15-21(29(31)35)9-10-24(25)36-4/h6-10,14-15,19,23,26H,5,11-13,16-18H2,1-4H3,(H,30,33)/t23-,26-/m0/s1. The summed E-state index contributed by atoms with van der Waals surface area (Å²) in [4.78, 5) is 42.7. The average molecular weight is 524 g/mol. The smallest absolute Gasteiger partial charge is 0.254 e. The zero-order chi connectivity index (χ0) is 27.2. The molecule has 2 heterocycles. The van der Waals surface area contributed by atoms with Crippen LogP contribution in [0.3, 0.4) is 0 Å². The molecule has 0 saturated carbocycles. The number of hydrogen-bond donors (Lipinski definition) is 1.